The topological polar surface area (TPSA) is 98.1 Å². The summed E-state index contributed by atoms with van der Waals surface area (Å²) in [5, 5.41) is 13.8. The Kier molecular flexibility index (Phi) is 8.74. The Morgan fingerprint density at radius 1 is 1.03 bits per heavy atom. The van der Waals surface area contributed by atoms with Crippen LogP contribution < -0.4 is 15.4 Å². The van der Waals surface area contributed by atoms with Crippen molar-refractivity contribution in [2.45, 2.75) is 38.1 Å². The molecule has 3 rings (SSSR count). The molecule has 186 valence electrons. The van der Waals surface area contributed by atoms with Gasteiger partial charge in [-0.15, -0.1) is 10.2 Å². The van der Waals surface area contributed by atoms with Gasteiger partial charge >= 0.3 is 6.18 Å². The number of amides is 2. The van der Waals surface area contributed by atoms with Gasteiger partial charge in [0.2, 0.25) is 11.8 Å². The number of ether oxygens (including phenoxy) is 1. The number of aromatic nitrogens is 3. The highest BCUT2D eigenvalue weighted by molar-refractivity contribution is 7.99. The minimum absolute atomic E-state index is 0.0333. The standard InChI is InChI=1S/C23H24F3N5O3S/c1-3-31-19(13-20(32)27-16-9-7-8-15(12-16)23(24,25)26)29-30-22(31)35-14-21(33)28-17-10-5-6-11-18(17)34-4-2/h5-12H,3-4,13-14H2,1-2H3,(H,27,32)(H,28,33). The number of para-hydroxylation sites is 2. The smallest absolute Gasteiger partial charge is 0.416 e. The van der Waals surface area contributed by atoms with Crippen LogP contribution in [0.3, 0.4) is 0 Å². The Hall–Kier alpha value is -3.54. The highest BCUT2D eigenvalue weighted by Crippen LogP contribution is 2.30. The Morgan fingerprint density at radius 3 is 2.51 bits per heavy atom. The summed E-state index contributed by atoms with van der Waals surface area (Å²) in [6.07, 6.45) is -4.70. The molecule has 0 saturated heterocycles. The van der Waals surface area contributed by atoms with E-state index in [0.717, 1.165) is 23.9 Å². The molecule has 0 radical (unpaired) electrons. The van der Waals surface area contributed by atoms with E-state index < -0.39 is 17.6 Å². The summed E-state index contributed by atoms with van der Waals surface area (Å²) in [6.45, 7) is 4.59. The van der Waals surface area contributed by atoms with Crippen LogP contribution in [0.25, 0.3) is 0 Å². The molecule has 2 N–H and O–H groups in total. The third-order valence-electron chi connectivity index (χ3n) is 4.70. The minimum Gasteiger partial charge on any atom is -0.492 e. The maximum absolute atomic E-state index is 12.9. The van der Waals surface area contributed by atoms with Crippen LogP contribution in [0.5, 0.6) is 5.75 Å². The van der Waals surface area contributed by atoms with Crippen LogP contribution in [0.1, 0.15) is 25.2 Å². The average molecular weight is 508 g/mol. The van der Waals surface area contributed by atoms with E-state index in [2.05, 4.69) is 20.8 Å². The van der Waals surface area contributed by atoms with Gasteiger partial charge < -0.3 is 19.9 Å². The lowest BCUT2D eigenvalue weighted by molar-refractivity contribution is -0.137. The van der Waals surface area contributed by atoms with Crippen molar-refractivity contribution in [1.29, 1.82) is 0 Å². The second-order valence-corrected chi connectivity index (χ2v) is 8.16. The highest BCUT2D eigenvalue weighted by Gasteiger charge is 2.30. The molecule has 0 atom stereocenters. The first-order chi connectivity index (χ1) is 16.7. The van der Waals surface area contributed by atoms with Gasteiger partial charge in [-0.05, 0) is 44.2 Å². The van der Waals surface area contributed by atoms with Crippen LogP contribution in [-0.2, 0) is 28.7 Å². The Balaban J connectivity index is 1.60. The molecule has 2 amide bonds. The third-order valence-corrected chi connectivity index (χ3v) is 5.66. The molecule has 0 spiro atoms. The fraction of sp³-hybridized carbons (Fsp3) is 0.304. The number of nitrogens with zero attached hydrogens (tertiary/aromatic N) is 3. The van der Waals surface area contributed by atoms with Crippen LogP contribution in [0.2, 0.25) is 0 Å². The number of carbonyl (C=O) groups excluding carboxylic acids is 2. The molecule has 0 aliphatic heterocycles. The van der Waals surface area contributed by atoms with Crippen LogP contribution in [0.4, 0.5) is 24.5 Å². The first kappa shape index (κ1) is 26.1. The summed E-state index contributed by atoms with van der Waals surface area (Å²) in [6, 6.07) is 11.5. The van der Waals surface area contributed by atoms with E-state index >= 15 is 0 Å². The summed E-state index contributed by atoms with van der Waals surface area (Å²) in [4.78, 5) is 24.9. The summed E-state index contributed by atoms with van der Waals surface area (Å²) < 4.78 is 45.8. The summed E-state index contributed by atoms with van der Waals surface area (Å²) in [5.74, 6) is 0.153. The maximum atomic E-state index is 12.9. The number of carbonyl (C=O) groups is 2. The molecule has 0 fully saturated rings. The summed E-state index contributed by atoms with van der Waals surface area (Å²) in [7, 11) is 0. The molecule has 0 aliphatic rings. The van der Waals surface area contributed by atoms with Crippen molar-refractivity contribution in [2.75, 3.05) is 23.0 Å². The van der Waals surface area contributed by atoms with Crippen molar-refractivity contribution in [3.63, 3.8) is 0 Å². The number of hydrogen-bond donors (Lipinski definition) is 2. The molecule has 12 heteroatoms. The lowest BCUT2D eigenvalue weighted by atomic mass is 10.2. The first-order valence-electron chi connectivity index (χ1n) is 10.7. The minimum atomic E-state index is -4.51. The van der Waals surface area contributed by atoms with Crippen molar-refractivity contribution in [3.8, 4) is 5.75 Å². The Bertz CT molecular complexity index is 1180. The summed E-state index contributed by atoms with van der Waals surface area (Å²) in [5.41, 5.74) is -0.261. The zero-order valence-electron chi connectivity index (χ0n) is 19.1. The molecule has 35 heavy (non-hydrogen) atoms. The second-order valence-electron chi connectivity index (χ2n) is 7.21. The van der Waals surface area contributed by atoms with Crippen molar-refractivity contribution in [3.05, 3.63) is 59.9 Å². The van der Waals surface area contributed by atoms with E-state index in [1.54, 1.807) is 22.8 Å². The van der Waals surface area contributed by atoms with Gasteiger partial charge in [0.25, 0.3) is 0 Å². The molecule has 1 aromatic heterocycles. The average Bonchev–Trinajstić information content (AvgIpc) is 3.20. The number of anilines is 2. The lowest BCUT2D eigenvalue weighted by Crippen LogP contribution is -2.18. The molecule has 0 bridgehead atoms. The number of nitrogens with one attached hydrogen (secondary N) is 2. The van der Waals surface area contributed by atoms with E-state index in [-0.39, 0.29) is 23.8 Å². The van der Waals surface area contributed by atoms with Gasteiger partial charge in [0.1, 0.15) is 11.6 Å². The number of thioether (sulfide) groups is 1. The van der Waals surface area contributed by atoms with Crippen LogP contribution in [0, 0.1) is 0 Å². The predicted molar refractivity (Wildman–Crippen MR) is 126 cm³/mol. The van der Waals surface area contributed by atoms with Gasteiger partial charge in [-0.2, -0.15) is 13.2 Å². The van der Waals surface area contributed by atoms with Gasteiger partial charge in [-0.1, -0.05) is 30.0 Å². The van der Waals surface area contributed by atoms with Crippen molar-refractivity contribution in [1.82, 2.24) is 14.8 Å². The number of benzene rings is 2. The molecule has 0 unspecified atom stereocenters. The SMILES string of the molecule is CCOc1ccccc1NC(=O)CSc1nnc(CC(=O)Nc2cccc(C(F)(F)F)c2)n1CC. The monoisotopic (exact) mass is 507 g/mol. The highest BCUT2D eigenvalue weighted by atomic mass is 32.2. The van der Waals surface area contributed by atoms with E-state index in [9.17, 15) is 22.8 Å². The molecule has 3 aromatic rings. The third kappa shape index (κ3) is 7.22. The Labute approximate surface area is 204 Å². The molecule has 8 nitrogen and oxygen atoms in total. The fourth-order valence-corrected chi connectivity index (χ4v) is 3.99. The first-order valence-corrected chi connectivity index (χ1v) is 11.7. The molecular formula is C23H24F3N5O3S. The molecule has 1 heterocycles. The number of alkyl halides is 3. The van der Waals surface area contributed by atoms with E-state index in [4.69, 9.17) is 4.74 Å². The van der Waals surface area contributed by atoms with E-state index in [0.29, 0.717) is 35.6 Å². The summed E-state index contributed by atoms with van der Waals surface area (Å²) >= 11 is 1.15. The normalized spacial score (nSPS) is 11.2. The molecule has 0 aliphatic carbocycles. The lowest BCUT2D eigenvalue weighted by Gasteiger charge is -2.11. The van der Waals surface area contributed by atoms with Crippen molar-refractivity contribution < 1.29 is 27.5 Å². The van der Waals surface area contributed by atoms with Gasteiger partial charge in [0, 0.05) is 12.2 Å². The molecule has 2 aromatic carbocycles. The van der Waals surface area contributed by atoms with Gasteiger partial charge in [-0.25, -0.2) is 0 Å². The largest absolute Gasteiger partial charge is 0.492 e. The fourth-order valence-electron chi connectivity index (χ4n) is 3.16. The van der Waals surface area contributed by atoms with Crippen LogP contribution in [0.15, 0.2) is 53.7 Å². The zero-order valence-corrected chi connectivity index (χ0v) is 19.9. The van der Waals surface area contributed by atoms with Crippen LogP contribution in [-0.4, -0.2) is 38.9 Å². The van der Waals surface area contributed by atoms with Crippen molar-refractivity contribution in [2.24, 2.45) is 0 Å². The Morgan fingerprint density at radius 2 is 1.80 bits per heavy atom. The van der Waals surface area contributed by atoms with Crippen LogP contribution >= 0.6 is 11.8 Å². The quantitative estimate of drug-likeness (QED) is 0.389. The van der Waals surface area contributed by atoms with Crippen molar-refractivity contribution >= 4 is 35.0 Å². The molecule has 0 saturated carbocycles. The van der Waals surface area contributed by atoms with E-state index in [1.165, 1.54) is 12.1 Å². The maximum Gasteiger partial charge on any atom is 0.416 e. The van der Waals surface area contributed by atoms with E-state index in [1.807, 2.05) is 19.9 Å². The van der Waals surface area contributed by atoms with Gasteiger partial charge in [0.05, 0.1) is 30.0 Å². The second kappa shape index (κ2) is 11.7. The number of halogens is 3. The number of hydrogen-bond acceptors (Lipinski definition) is 6. The predicted octanol–water partition coefficient (Wildman–Crippen LogP) is 4.63. The van der Waals surface area contributed by atoms with Gasteiger partial charge in [-0.3, -0.25) is 9.59 Å². The molecular weight excluding hydrogens is 483 g/mol. The zero-order chi connectivity index (χ0) is 25.4. The number of rotatable bonds is 10. The van der Waals surface area contributed by atoms with Gasteiger partial charge in [0.15, 0.2) is 5.16 Å².